The SMILES string of the molecule is CC(C)(C)[C@@H]1C(=S)N(S(=O)(=O)O)[C@H]1c1ccccc1. The second-order valence-electron chi connectivity index (χ2n) is 5.81. The Morgan fingerprint density at radius 3 is 2.16 bits per heavy atom. The van der Waals surface area contributed by atoms with Crippen LogP contribution < -0.4 is 0 Å². The minimum absolute atomic E-state index is 0.0909. The molecule has 104 valence electrons. The molecule has 0 unspecified atom stereocenters. The Labute approximate surface area is 119 Å². The molecule has 1 aliphatic rings. The van der Waals surface area contributed by atoms with Gasteiger partial charge in [0.2, 0.25) is 0 Å². The highest BCUT2D eigenvalue weighted by Gasteiger charge is 2.54. The minimum Gasteiger partial charge on any atom is -0.269 e. The van der Waals surface area contributed by atoms with E-state index in [2.05, 4.69) is 0 Å². The Morgan fingerprint density at radius 2 is 1.74 bits per heavy atom. The lowest BCUT2D eigenvalue weighted by Gasteiger charge is -2.52. The molecule has 0 radical (unpaired) electrons. The van der Waals surface area contributed by atoms with Crippen LogP contribution >= 0.6 is 12.2 Å². The number of thiocarbonyl (C=S) groups is 1. The molecule has 1 heterocycles. The van der Waals surface area contributed by atoms with E-state index >= 15 is 0 Å². The maximum absolute atomic E-state index is 11.5. The summed E-state index contributed by atoms with van der Waals surface area (Å²) in [6.07, 6.45) is 0. The Bertz CT molecular complexity index is 590. The minimum atomic E-state index is -4.31. The zero-order chi connectivity index (χ0) is 14.4. The molecule has 0 spiro atoms. The van der Waals surface area contributed by atoms with Gasteiger partial charge in [-0.1, -0.05) is 63.3 Å². The van der Waals surface area contributed by atoms with Gasteiger partial charge in [0.15, 0.2) is 0 Å². The van der Waals surface area contributed by atoms with Crippen LogP contribution in [0, 0.1) is 11.3 Å². The van der Waals surface area contributed by atoms with Crippen LogP contribution in [0.4, 0.5) is 0 Å². The van der Waals surface area contributed by atoms with E-state index in [1.165, 1.54) is 0 Å². The van der Waals surface area contributed by atoms with E-state index in [0.29, 0.717) is 0 Å². The summed E-state index contributed by atoms with van der Waals surface area (Å²) in [4.78, 5) is 0.281. The molecular weight excluding hydrogens is 282 g/mol. The van der Waals surface area contributed by atoms with E-state index in [-0.39, 0.29) is 16.3 Å². The van der Waals surface area contributed by atoms with Crippen molar-refractivity contribution in [2.45, 2.75) is 26.8 Å². The first-order chi connectivity index (χ1) is 8.64. The normalized spacial score (nSPS) is 24.2. The predicted octanol–water partition coefficient (Wildman–Crippen LogP) is 2.84. The molecule has 0 bridgehead atoms. The standard InChI is InChI=1S/C13H17NO3S2/c1-13(2,3)10-11(9-7-5-4-6-8-9)14(12(10)18)19(15,16)17/h4-8,10-11H,1-3H3,(H,15,16,17)/t10-,11-/m0/s1. The maximum atomic E-state index is 11.5. The molecule has 1 aromatic rings. The van der Waals surface area contributed by atoms with Gasteiger partial charge in [0.25, 0.3) is 0 Å². The topological polar surface area (TPSA) is 57.6 Å². The van der Waals surface area contributed by atoms with Crippen LogP contribution in [0.3, 0.4) is 0 Å². The van der Waals surface area contributed by atoms with Crippen LogP contribution in [0.25, 0.3) is 0 Å². The fourth-order valence-corrected chi connectivity index (χ4v) is 4.29. The van der Waals surface area contributed by atoms with Gasteiger partial charge in [0.1, 0.15) is 4.99 Å². The van der Waals surface area contributed by atoms with Gasteiger partial charge in [-0.25, -0.2) is 4.31 Å². The Hall–Kier alpha value is -0.980. The lowest BCUT2D eigenvalue weighted by molar-refractivity contribution is 0.148. The first kappa shape index (κ1) is 14.4. The monoisotopic (exact) mass is 299 g/mol. The third kappa shape index (κ3) is 2.52. The molecule has 1 N–H and O–H groups in total. The Morgan fingerprint density at radius 1 is 1.21 bits per heavy atom. The van der Waals surface area contributed by atoms with E-state index in [4.69, 9.17) is 12.2 Å². The summed E-state index contributed by atoms with van der Waals surface area (Å²) < 4.78 is 33.2. The summed E-state index contributed by atoms with van der Waals surface area (Å²) >= 11 is 5.19. The molecule has 1 fully saturated rings. The molecule has 2 rings (SSSR count). The van der Waals surface area contributed by atoms with Crippen LogP contribution in [0.5, 0.6) is 0 Å². The summed E-state index contributed by atoms with van der Waals surface area (Å²) in [7, 11) is -4.31. The second kappa shape index (κ2) is 4.54. The lowest BCUT2D eigenvalue weighted by Crippen LogP contribution is -2.60. The summed E-state index contributed by atoms with van der Waals surface area (Å²) in [6.45, 7) is 6.05. The molecule has 1 aromatic carbocycles. The summed E-state index contributed by atoms with van der Waals surface area (Å²) in [5.41, 5.74) is 0.673. The molecule has 1 aliphatic heterocycles. The molecular formula is C13H17NO3S2. The molecule has 4 nitrogen and oxygen atoms in total. The first-order valence-corrected chi connectivity index (χ1v) is 7.80. The fraction of sp³-hybridized carbons (Fsp3) is 0.462. The van der Waals surface area contributed by atoms with Gasteiger partial charge in [-0.05, 0) is 11.0 Å². The summed E-state index contributed by atoms with van der Waals surface area (Å²) in [6, 6.07) is 8.83. The van der Waals surface area contributed by atoms with Gasteiger partial charge in [0, 0.05) is 5.92 Å². The maximum Gasteiger partial charge on any atom is 0.360 e. The van der Waals surface area contributed by atoms with Crippen molar-refractivity contribution in [3.05, 3.63) is 35.9 Å². The average molecular weight is 299 g/mol. The molecule has 1 saturated heterocycles. The van der Waals surface area contributed by atoms with Crippen LogP contribution in [-0.4, -0.2) is 22.3 Å². The van der Waals surface area contributed by atoms with Crippen molar-refractivity contribution in [1.82, 2.24) is 4.31 Å². The highest BCUT2D eigenvalue weighted by atomic mass is 32.2. The smallest absolute Gasteiger partial charge is 0.269 e. The molecule has 6 heteroatoms. The highest BCUT2D eigenvalue weighted by molar-refractivity contribution is 7.87. The molecule has 0 saturated carbocycles. The van der Waals surface area contributed by atoms with Crippen molar-refractivity contribution < 1.29 is 13.0 Å². The van der Waals surface area contributed by atoms with Gasteiger partial charge >= 0.3 is 10.3 Å². The zero-order valence-electron chi connectivity index (χ0n) is 11.1. The van der Waals surface area contributed by atoms with Gasteiger partial charge in [-0.3, -0.25) is 4.55 Å². The van der Waals surface area contributed by atoms with E-state index in [1.54, 1.807) is 0 Å². The van der Waals surface area contributed by atoms with Crippen molar-refractivity contribution >= 4 is 27.5 Å². The van der Waals surface area contributed by atoms with Gasteiger partial charge in [-0.2, -0.15) is 8.42 Å². The van der Waals surface area contributed by atoms with Gasteiger partial charge < -0.3 is 0 Å². The first-order valence-electron chi connectivity index (χ1n) is 5.99. The number of benzene rings is 1. The number of nitrogens with zero attached hydrogens (tertiary/aromatic N) is 1. The Balaban J connectivity index is 2.48. The largest absolute Gasteiger partial charge is 0.360 e. The van der Waals surface area contributed by atoms with Crippen molar-refractivity contribution in [2.24, 2.45) is 11.3 Å². The third-order valence-electron chi connectivity index (χ3n) is 3.37. The molecule has 0 amide bonds. The Kier molecular flexibility index (Phi) is 3.45. The van der Waals surface area contributed by atoms with Crippen LogP contribution in [0.1, 0.15) is 32.4 Å². The zero-order valence-corrected chi connectivity index (χ0v) is 12.7. The average Bonchev–Trinajstić information content (AvgIpc) is 2.22. The molecule has 2 atom stereocenters. The second-order valence-corrected chi connectivity index (χ2v) is 7.52. The van der Waals surface area contributed by atoms with E-state index in [1.807, 2.05) is 51.1 Å². The molecule has 0 aliphatic carbocycles. The van der Waals surface area contributed by atoms with Crippen molar-refractivity contribution in [3.63, 3.8) is 0 Å². The fourth-order valence-electron chi connectivity index (χ4n) is 2.54. The van der Waals surface area contributed by atoms with Crippen LogP contribution in [-0.2, 0) is 10.3 Å². The quantitative estimate of drug-likeness (QED) is 0.674. The number of hydrogen-bond acceptors (Lipinski definition) is 3. The van der Waals surface area contributed by atoms with Gasteiger partial charge in [0.05, 0.1) is 6.04 Å². The number of rotatable bonds is 2. The van der Waals surface area contributed by atoms with Crippen molar-refractivity contribution in [1.29, 1.82) is 0 Å². The third-order valence-corrected chi connectivity index (χ3v) is 4.86. The van der Waals surface area contributed by atoms with Crippen LogP contribution in [0.15, 0.2) is 30.3 Å². The molecule has 0 aromatic heterocycles. The van der Waals surface area contributed by atoms with Crippen molar-refractivity contribution in [2.75, 3.05) is 0 Å². The van der Waals surface area contributed by atoms with Gasteiger partial charge in [-0.15, -0.1) is 0 Å². The van der Waals surface area contributed by atoms with E-state index in [0.717, 1.165) is 9.87 Å². The van der Waals surface area contributed by atoms with E-state index < -0.39 is 16.3 Å². The summed E-state index contributed by atoms with van der Waals surface area (Å²) in [5.74, 6) is -0.0909. The van der Waals surface area contributed by atoms with E-state index in [9.17, 15) is 13.0 Å². The van der Waals surface area contributed by atoms with Crippen molar-refractivity contribution in [3.8, 4) is 0 Å². The predicted molar refractivity (Wildman–Crippen MR) is 78.1 cm³/mol. The molecule has 19 heavy (non-hydrogen) atoms. The highest BCUT2D eigenvalue weighted by Crippen LogP contribution is 2.50. The van der Waals surface area contributed by atoms with Crippen LogP contribution in [0.2, 0.25) is 0 Å². The summed E-state index contributed by atoms with van der Waals surface area (Å²) in [5, 5.41) is 0. The lowest BCUT2D eigenvalue weighted by atomic mass is 9.69. The number of hydrogen-bond donors (Lipinski definition) is 1.